The van der Waals surface area contributed by atoms with Gasteiger partial charge in [0.05, 0.1) is 21.8 Å². The molecule has 2 N–H and O–H groups in total. The third kappa shape index (κ3) is 3.33. The van der Waals surface area contributed by atoms with E-state index in [4.69, 9.17) is 11.6 Å². The highest BCUT2D eigenvalue weighted by atomic mass is 35.5. The van der Waals surface area contributed by atoms with Crippen molar-refractivity contribution in [3.63, 3.8) is 0 Å². The van der Waals surface area contributed by atoms with E-state index in [1.54, 1.807) is 0 Å². The molecule has 0 saturated carbocycles. The second-order valence-corrected chi connectivity index (χ2v) is 6.35. The molecule has 1 aliphatic rings. The number of carbonyl (C=O) groups is 1. The van der Waals surface area contributed by atoms with Crippen molar-refractivity contribution in [3.8, 4) is 0 Å². The van der Waals surface area contributed by atoms with Crippen LogP contribution in [0.15, 0.2) is 18.2 Å². The van der Waals surface area contributed by atoms with Gasteiger partial charge < -0.3 is 15.5 Å². The molecule has 21 heavy (non-hydrogen) atoms. The highest BCUT2D eigenvalue weighted by Gasteiger charge is 2.40. The molecule has 0 aromatic heterocycles. The fraction of sp³-hybridized carbons (Fsp3) is 0.562. The molecule has 1 aromatic rings. The lowest BCUT2D eigenvalue weighted by Gasteiger charge is -2.28. The van der Waals surface area contributed by atoms with Crippen molar-refractivity contribution >= 4 is 28.9 Å². The Hall–Kier alpha value is -1.26. The number of carbonyl (C=O) groups excluding carboxylic acids is 1. The normalized spacial score (nSPS) is 21.3. The van der Waals surface area contributed by atoms with Crippen LogP contribution < -0.4 is 15.5 Å². The van der Waals surface area contributed by atoms with Crippen LogP contribution in [0.4, 0.5) is 11.4 Å². The fourth-order valence-corrected chi connectivity index (χ4v) is 3.41. The lowest BCUT2D eigenvalue weighted by atomic mass is 9.81. The number of halogens is 1. The van der Waals surface area contributed by atoms with Gasteiger partial charge in [0.1, 0.15) is 0 Å². The summed E-state index contributed by atoms with van der Waals surface area (Å²) in [5.41, 5.74) is 1.34. The summed E-state index contributed by atoms with van der Waals surface area (Å²) in [4.78, 5) is 14.7. The van der Waals surface area contributed by atoms with Gasteiger partial charge in [-0.25, -0.2) is 0 Å². The van der Waals surface area contributed by atoms with Crippen LogP contribution in [0.25, 0.3) is 0 Å². The predicted octanol–water partition coefficient (Wildman–Crippen LogP) is 3.12. The van der Waals surface area contributed by atoms with Gasteiger partial charge in [0.2, 0.25) is 5.91 Å². The first kappa shape index (κ1) is 16.1. The molecule has 1 aromatic carbocycles. The van der Waals surface area contributed by atoms with Crippen molar-refractivity contribution in [1.82, 2.24) is 5.32 Å². The molecular weight excluding hydrogens is 286 g/mol. The lowest BCUT2D eigenvalue weighted by molar-refractivity contribution is -0.125. The Bertz CT molecular complexity index is 510. The molecule has 1 aliphatic heterocycles. The zero-order chi connectivity index (χ0) is 15.5. The van der Waals surface area contributed by atoms with Gasteiger partial charge in [0.15, 0.2) is 0 Å². The average Bonchev–Trinajstić information content (AvgIpc) is 2.88. The molecule has 1 saturated heterocycles. The molecule has 2 rings (SSSR count). The van der Waals surface area contributed by atoms with Crippen LogP contribution in [-0.2, 0) is 4.79 Å². The zero-order valence-corrected chi connectivity index (χ0v) is 13.8. The highest BCUT2D eigenvalue weighted by Crippen LogP contribution is 2.36. The Morgan fingerprint density at radius 1 is 1.48 bits per heavy atom. The second kappa shape index (κ2) is 6.67. The van der Waals surface area contributed by atoms with Crippen molar-refractivity contribution < 1.29 is 4.79 Å². The van der Waals surface area contributed by atoms with Crippen LogP contribution in [0.5, 0.6) is 0 Å². The third-order valence-corrected chi connectivity index (χ3v) is 4.44. The number of para-hydroxylation sites is 1. The van der Waals surface area contributed by atoms with Crippen molar-refractivity contribution in [2.45, 2.75) is 26.2 Å². The summed E-state index contributed by atoms with van der Waals surface area (Å²) in [6.45, 7) is 3.78. The van der Waals surface area contributed by atoms with Crippen LogP contribution >= 0.6 is 11.6 Å². The standard InChI is InChI=1S/C16H24ClN3O/c1-4-8-16(9-10-18-11-16)15(21)19-13-7-5-6-12(17)14(13)20(2)3/h5-7,18H,4,8-11H2,1-3H3,(H,19,21). The topological polar surface area (TPSA) is 44.4 Å². The van der Waals surface area contributed by atoms with Gasteiger partial charge in [-0.1, -0.05) is 31.0 Å². The lowest BCUT2D eigenvalue weighted by Crippen LogP contribution is -2.38. The van der Waals surface area contributed by atoms with Gasteiger partial charge >= 0.3 is 0 Å². The van der Waals surface area contributed by atoms with Gasteiger partial charge in [-0.3, -0.25) is 4.79 Å². The van der Waals surface area contributed by atoms with Gasteiger partial charge in [-0.15, -0.1) is 0 Å². The van der Waals surface area contributed by atoms with E-state index in [2.05, 4.69) is 17.6 Å². The predicted molar refractivity (Wildman–Crippen MR) is 89.2 cm³/mol. The maximum atomic E-state index is 12.8. The molecule has 0 bridgehead atoms. The summed E-state index contributed by atoms with van der Waals surface area (Å²) >= 11 is 6.26. The van der Waals surface area contributed by atoms with E-state index < -0.39 is 0 Å². The van der Waals surface area contributed by atoms with Gasteiger partial charge in [0, 0.05) is 20.6 Å². The minimum Gasteiger partial charge on any atom is -0.375 e. The van der Waals surface area contributed by atoms with E-state index in [-0.39, 0.29) is 11.3 Å². The minimum absolute atomic E-state index is 0.0970. The van der Waals surface area contributed by atoms with E-state index in [1.807, 2.05) is 37.2 Å². The summed E-state index contributed by atoms with van der Waals surface area (Å²) in [6, 6.07) is 5.61. The number of anilines is 2. The number of nitrogens with one attached hydrogen (secondary N) is 2. The molecule has 0 radical (unpaired) electrons. The van der Waals surface area contributed by atoms with Crippen LogP contribution in [0.1, 0.15) is 26.2 Å². The van der Waals surface area contributed by atoms with Crippen LogP contribution in [0, 0.1) is 5.41 Å². The molecule has 5 heteroatoms. The monoisotopic (exact) mass is 309 g/mol. The number of nitrogens with zero attached hydrogens (tertiary/aromatic N) is 1. The molecule has 1 unspecified atom stereocenters. The molecule has 1 amide bonds. The summed E-state index contributed by atoms with van der Waals surface area (Å²) < 4.78 is 0. The highest BCUT2D eigenvalue weighted by molar-refractivity contribution is 6.34. The SMILES string of the molecule is CCCC1(C(=O)Nc2cccc(Cl)c2N(C)C)CCNC1. The van der Waals surface area contributed by atoms with Crippen LogP contribution in [0.3, 0.4) is 0 Å². The van der Waals surface area contributed by atoms with Crippen LogP contribution in [0.2, 0.25) is 5.02 Å². The molecule has 4 nitrogen and oxygen atoms in total. The Balaban J connectivity index is 2.25. The number of benzene rings is 1. The van der Waals surface area contributed by atoms with Gasteiger partial charge in [-0.2, -0.15) is 0 Å². The Labute approximate surface area is 131 Å². The summed E-state index contributed by atoms with van der Waals surface area (Å²) in [7, 11) is 3.85. The molecular formula is C16H24ClN3O. The third-order valence-electron chi connectivity index (χ3n) is 4.14. The molecule has 1 heterocycles. The van der Waals surface area contributed by atoms with Gasteiger partial charge in [0.25, 0.3) is 0 Å². The number of hydrogen-bond donors (Lipinski definition) is 2. The first-order chi connectivity index (χ1) is 10.00. The van der Waals surface area contributed by atoms with Gasteiger partial charge in [-0.05, 0) is 31.5 Å². The Morgan fingerprint density at radius 3 is 2.81 bits per heavy atom. The van der Waals surface area contributed by atoms with Crippen molar-refractivity contribution in [2.75, 3.05) is 37.4 Å². The average molecular weight is 310 g/mol. The van der Waals surface area contributed by atoms with E-state index in [1.165, 1.54) is 0 Å². The maximum Gasteiger partial charge on any atom is 0.231 e. The maximum absolute atomic E-state index is 12.8. The quantitative estimate of drug-likeness (QED) is 0.878. The summed E-state index contributed by atoms with van der Waals surface area (Å²) in [6.07, 6.45) is 2.80. The molecule has 0 spiro atoms. The van der Waals surface area contributed by atoms with E-state index in [0.717, 1.165) is 43.7 Å². The summed E-state index contributed by atoms with van der Waals surface area (Å²) in [5, 5.41) is 7.06. The number of hydrogen-bond acceptors (Lipinski definition) is 3. The molecule has 116 valence electrons. The first-order valence-corrected chi connectivity index (χ1v) is 7.86. The fourth-order valence-electron chi connectivity index (χ4n) is 3.07. The van der Waals surface area contributed by atoms with E-state index in [9.17, 15) is 4.79 Å². The summed E-state index contributed by atoms with van der Waals surface area (Å²) in [5.74, 6) is 0.0970. The molecule has 1 fully saturated rings. The zero-order valence-electron chi connectivity index (χ0n) is 13.0. The van der Waals surface area contributed by atoms with Crippen LogP contribution in [-0.4, -0.2) is 33.1 Å². The molecule has 1 atom stereocenters. The second-order valence-electron chi connectivity index (χ2n) is 5.94. The van der Waals surface area contributed by atoms with Crippen molar-refractivity contribution in [2.24, 2.45) is 5.41 Å². The largest absolute Gasteiger partial charge is 0.375 e. The smallest absolute Gasteiger partial charge is 0.231 e. The minimum atomic E-state index is -0.291. The Kier molecular flexibility index (Phi) is 5.12. The number of rotatable bonds is 5. The van der Waals surface area contributed by atoms with E-state index in [0.29, 0.717) is 5.02 Å². The first-order valence-electron chi connectivity index (χ1n) is 7.48. The van der Waals surface area contributed by atoms with Crippen molar-refractivity contribution in [3.05, 3.63) is 23.2 Å². The van der Waals surface area contributed by atoms with Crippen molar-refractivity contribution in [1.29, 1.82) is 0 Å². The number of amides is 1. The Morgan fingerprint density at radius 2 is 2.24 bits per heavy atom. The molecule has 0 aliphatic carbocycles. The van der Waals surface area contributed by atoms with E-state index >= 15 is 0 Å².